The Bertz CT molecular complexity index is 352. The first-order valence-electron chi connectivity index (χ1n) is 6.15. The molecular formula is C14H18F2. The van der Waals surface area contributed by atoms with Gasteiger partial charge in [-0.05, 0) is 55.2 Å². The van der Waals surface area contributed by atoms with E-state index in [1.165, 1.54) is 31.4 Å². The van der Waals surface area contributed by atoms with Gasteiger partial charge in [-0.3, -0.25) is 0 Å². The Morgan fingerprint density at radius 2 is 1.75 bits per heavy atom. The Hall–Kier alpha value is -0.920. The lowest BCUT2D eigenvalue weighted by Gasteiger charge is -2.28. The van der Waals surface area contributed by atoms with E-state index in [4.69, 9.17) is 0 Å². The predicted molar refractivity (Wildman–Crippen MR) is 61.3 cm³/mol. The molecule has 2 rings (SSSR count). The summed E-state index contributed by atoms with van der Waals surface area (Å²) >= 11 is 0. The van der Waals surface area contributed by atoms with Crippen LogP contribution < -0.4 is 0 Å². The second-order valence-corrected chi connectivity index (χ2v) is 4.80. The van der Waals surface area contributed by atoms with Gasteiger partial charge in [0.25, 0.3) is 0 Å². The minimum absolute atomic E-state index is 0.429. The molecule has 0 aromatic heterocycles. The molecule has 1 fully saturated rings. The maximum Gasteiger partial charge on any atom is 0.159 e. The van der Waals surface area contributed by atoms with Gasteiger partial charge in [0.15, 0.2) is 11.6 Å². The van der Waals surface area contributed by atoms with Crippen LogP contribution in [0.1, 0.15) is 50.5 Å². The minimum Gasteiger partial charge on any atom is -0.204 e. The van der Waals surface area contributed by atoms with Gasteiger partial charge in [0, 0.05) is 0 Å². The molecule has 0 bridgehead atoms. The molecule has 1 aliphatic rings. The van der Waals surface area contributed by atoms with Gasteiger partial charge in [-0.15, -0.1) is 0 Å². The van der Waals surface area contributed by atoms with E-state index in [2.05, 4.69) is 6.92 Å². The van der Waals surface area contributed by atoms with Crippen molar-refractivity contribution in [3.63, 3.8) is 0 Å². The topological polar surface area (TPSA) is 0 Å². The molecule has 2 heteroatoms. The van der Waals surface area contributed by atoms with Crippen LogP contribution >= 0.6 is 0 Å². The van der Waals surface area contributed by atoms with Crippen molar-refractivity contribution in [2.24, 2.45) is 5.92 Å². The minimum atomic E-state index is -0.744. The van der Waals surface area contributed by atoms with Crippen LogP contribution in [0.4, 0.5) is 8.78 Å². The van der Waals surface area contributed by atoms with Gasteiger partial charge in [-0.1, -0.05) is 19.4 Å². The smallest absolute Gasteiger partial charge is 0.159 e. The van der Waals surface area contributed by atoms with E-state index in [1.807, 2.05) is 0 Å². The quantitative estimate of drug-likeness (QED) is 0.686. The van der Waals surface area contributed by atoms with Crippen molar-refractivity contribution in [3.8, 4) is 0 Å². The second-order valence-electron chi connectivity index (χ2n) is 4.80. The van der Waals surface area contributed by atoms with Crippen LogP contribution in [-0.2, 0) is 0 Å². The fraction of sp³-hybridized carbons (Fsp3) is 0.571. The highest BCUT2D eigenvalue weighted by molar-refractivity contribution is 5.22. The van der Waals surface area contributed by atoms with Gasteiger partial charge >= 0.3 is 0 Å². The summed E-state index contributed by atoms with van der Waals surface area (Å²) in [5.74, 6) is -0.194. The highest BCUT2D eigenvalue weighted by atomic mass is 19.2. The molecule has 0 radical (unpaired) electrons. The largest absolute Gasteiger partial charge is 0.204 e. The van der Waals surface area contributed by atoms with Crippen LogP contribution in [0.2, 0.25) is 0 Å². The summed E-state index contributed by atoms with van der Waals surface area (Å²) in [6.07, 6.45) is 5.91. The third-order valence-corrected chi connectivity index (χ3v) is 3.84. The van der Waals surface area contributed by atoms with Gasteiger partial charge in [0.2, 0.25) is 0 Å². The molecule has 1 saturated carbocycles. The monoisotopic (exact) mass is 224 g/mol. The summed E-state index contributed by atoms with van der Waals surface area (Å²) in [5, 5.41) is 0. The number of halogens is 2. The first kappa shape index (κ1) is 11.6. The molecule has 0 unspecified atom stereocenters. The average molecular weight is 224 g/mol. The van der Waals surface area contributed by atoms with Crippen LogP contribution in [0.25, 0.3) is 0 Å². The number of benzene rings is 1. The van der Waals surface area contributed by atoms with E-state index < -0.39 is 11.6 Å². The van der Waals surface area contributed by atoms with Crippen LogP contribution in [-0.4, -0.2) is 0 Å². The molecule has 88 valence electrons. The van der Waals surface area contributed by atoms with Gasteiger partial charge in [-0.2, -0.15) is 0 Å². The number of rotatable bonds is 2. The maximum absolute atomic E-state index is 13.1. The average Bonchev–Trinajstić information content (AvgIpc) is 2.33. The van der Waals surface area contributed by atoms with E-state index in [9.17, 15) is 8.78 Å². The predicted octanol–water partition coefficient (Wildman–Crippen LogP) is 4.65. The van der Waals surface area contributed by atoms with Crippen molar-refractivity contribution in [1.29, 1.82) is 0 Å². The summed E-state index contributed by atoms with van der Waals surface area (Å²) in [6.45, 7) is 2.22. The Morgan fingerprint density at radius 3 is 2.31 bits per heavy atom. The van der Waals surface area contributed by atoms with Crippen molar-refractivity contribution in [2.75, 3.05) is 0 Å². The van der Waals surface area contributed by atoms with Crippen molar-refractivity contribution < 1.29 is 8.78 Å². The summed E-state index contributed by atoms with van der Waals surface area (Å²) < 4.78 is 25.9. The molecule has 0 amide bonds. The van der Waals surface area contributed by atoms with Gasteiger partial charge in [0.1, 0.15) is 0 Å². The fourth-order valence-corrected chi connectivity index (χ4v) is 2.67. The molecule has 16 heavy (non-hydrogen) atoms. The van der Waals surface area contributed by atoms with Crippen LogP contribution in [0, 0.1) is 17.6 Å². The molecule has 0 aliphatic heterocycles. The Kier molecular flexibility index (Phi) is 3.57. The second kappa shape index (κ2) is 4.94. The zero-order valence-corrected chi connectivity index (χ0v) is 9.68. The van der Waals surface area contributed by atoms with E-state index in [0.717, 1.165) is 24.3 Å². The van der Waals surface area contributed by atoms with Gasteiger partial charge in [-0.25, -0.2) is 8.78 Å². The summed E-state index contributed by atoms with van der Waals surface area (Å²) in [7, 11) is 0. The van der Waals surface area contributed by atoms with Gasteiger partial charge in [0.05, 0.1) is 0 Å². The van der Waals surface area contributed by atoms with E-state index in [-0.39, 0.29) is 0 Å². The number of hydrogen-bond donors (Lipinski definition) is 0. The lowest BCUT2D eigenvalue weighted by Crippen LogP contribution is -2.12. The number of hydrogen-bond acceptors (Lipinski definition) is 0. The SMILES string of the molecule is CCC1CCC(c2ccc(F)c(F)c2)CC1. The van der Waals surface area contributed by atoms with Crippen LogP contribution in [0.15, 0.2) is 18.2 Å². The van der Waals surface area contributed by atoms with Crippen LogP contribution in [0.3, 0.4) is 0 Å². The Labute approximate surface area is 95.7 Å². The standard InChI is InChI=1S/C14H18F2/c1-2-10-3-5-11(6-4-10)12-7-8-13(15)14(16)9-12/h7-11H,2-6H2,1H3. The van der Waals surface area contributed by atoms with Crippen molar-refractivity contribution >= 4 is 0 Å². The highest BCUT2D eigenvalue weighted by Crippen LogP contribution is 2.37. The zero-order chi connectivity index (χ0) is 11.5. The maximum atomic E-state index is 13.1. The molecule has 0 nitrogen and oxygen atoms in total. The third-order valence-electron chi connectivity index (χ3n) is 3.84. The molecule has 0 spiro atoms. The van der Waals surface area contributed by atoms with Crippen molar-refractivity contribution in [3.05, 3.63) is 35.4 Å². The van der Waals surface area contributed by atoms with E-state index in [0.29, 0.717) is 5.92 Å². The molecule has 1 aromatic rings. The lowest BCUT2D eigenvalue weighted by atomic mass is 9.78. The van der Waals surface area contributed by atoms with Crippen LogP contribution in [0.5, 0.6) is 0 Å². The first-order valence-corrected chi connectivity index (χ1v) is 6.15. The molecule has 0 atom stereocenters. The Balaban J connectivity index is 2.05. The molecule has 0 saturated heterocycles. The van der Waals surface area contributed by atoms with E-state index in [1.54, 1.807) is 6.07 Å². The molecular weight excluding hydrogens is 206 g/mol. The zero-order valence-electron chi connectivity index (χ0n) is 9.68. The molecule has 0 N–H and O–H groups in total. The lowest BCUT2D eigenvalue weighted by molar-refractivity contribution is 0.318. The first-order chi connectivity index (χ1) is 7.70. The van der Waals surface area contributed by atoms with Crippen molar-refractivity contribution in [1.82, 2.24) is 0 Å². The van der Waals surface area contributed by atoms with E-state index >= 15 is 0 Å². The third kappa shape index (κ3) is 2.42. The summed E-state index contributed by atoms with van der Waals surface area (Å²) in [6, 6.07) is 4.35. The molecule has 1 aromatic carbocycles. The fourth-order valence-electron chi connectivity index (χ4n) is 2.67. The highest BCUT2D eigenvalue weighted by Gasteiger charge is 2.21. The van der Waals surface area contributed by atoms with Crippen molar-refractivity contribution in [2.45, 2.75) is 44.9 Å². The summed E-state index contributed by atoms with van der Waals surface area (Å²) in [5.41, 5.74) is 0.966. The molecule has 0 heterocycles. The normalized spacial score (nSPS) is 25.7. The van der Waals surface area contributed by atoms with Gasteiger partial charge < -0.3 is 0 Å². The summed E-state index contributed by atoms with van der Waals surface area (Å²) in [4.78, 5) is 0. The Morgan fingerprint density at radius 1 is 1.06 bits per heavy atom. The molecule has 1 aliphatic carbocycles.